The van der Waals surface area contributed by atoms with Crippen LogP contribution in [0.4, 0.5) is 5.13 Å². The summed E-state index contributed by atoms with van der Waals surface area (Å²) in [5.41, 5.74) is 1.41. The number of aromatic nitrogens is 1. The first-order chi connectivity index (χ1) is 9.29. The van der Waals surface area contributed by atoms with Gasteiger partial charge in [-0.05, 0) is 34.5 Å². The average Bonchev–Trinajstić information content (AvgIpc) is 2.81. The number of hydrogen-bond acceptors (Lipinski definition) is 5. The van der Waals surface area contributed by atoms with Gasteiger partial charge in [0.1, 0.15) is 0 Å². The molecule has 0 aliphatic rings. The van der Waals surface area contributed by atoms with Gasteiger partial charge in [0.25, 0.3) is 5.91 Å². The second-order valence-electron chi connectivity index (χ2n) is 4.15. The highest BCUT2D eigenvalue weighted by molar-refractivity contribution is 9.10. The van der Waals surface area contributed by atoms with Crippen LogP contribution in [0.25, 0.3) is 0 Å². The van der Waals surface area contributed by atoms with Crippen molar-refractivity contribution in [1.82, 2.24) is 4.98 Å². The van der Waals surface area contributed by atoms with E-state index in [0.29, 0.717) is 10.0 Å². The molecule has 20 heavy (non-hydrogen) atoms. The van der Waals surface area contributed by atoms with Gasteiger partial charge >= 0.3 is 0 Å². The lowest BCUT2D eigenvalue weighted by molar-refractivity contribution is 0.102. The summed E-state index contributed by atoms with van der Waals surface area (Å²) >= 11 is 4.43. The Balaban J connectivity index is 2.24. The normalized spacial score (nSPS) is 11.3. The van der Waals surface area contributed by atoms with E-state index in [1.807, 2.05) is 13.0 Å². The number of nitrogens with zero attached hydrogens (tertiary/aromatic N) is 1. The topological polar surface area (TPSA) is 76.1 Å². The third-order valence-corrected chi connectivity index (χ3v) is 5.45. The van der Waals surface area contributed by atoms with Crippen LogP contribution in [0.5, 0.6) is 0 Å². The number of anilines is 1. The van der Waals surface area contributed by atoms with Crippen molar-refractivity contribution >= 4 is 48.1 Å². The Bertz CT molecular complexity index is 769. The van der Waals surface area contributed by atoms with E-state index in [1.165, 1.54) is 5.38 Å². The standard InChI is InChI=1S/C12H11BrN2O3S2/c1-7-4-3-5-8(10(7)13)11(16)15-12-14-9(6-19-12)20(2,17)18/h3-6H,1-2H3,(H,14,15,16). The minimum Gasteiger partial charge on any atom is -0.298 e. The predicted octanol–water partition coefficient (Wildman–Crippen LogP) is 2.87. The molecular formula is C12H11BrN2O3S2. The molecule has 0 aliphatic carbocycles. The summed E-state index contributed by atoms with van der Waals surface area (Å²) in [6.45, 7) is 1.88. The smallest absolute Gasteiger partial charge is 0.258 e. The van der Waals surface area contributed by atoms with E-state index in [1.54, 1.807) is 12.1 Å². The number of carbonyl (C=O) groups excluding carboxylic acids is 1. The monoisotopic (exact) mass is 374 g/mol. The molecule has 0 unspecified atom stereocenters. The minimum atomic E-state index is -3.36. The van der Waals surface area contributed by atoms with Crippen LogP contribution in [0.15, 0.2) is 33.1 Å². The third kappa shape index (κ3) is 3.25. The fourth-order valence-electron chi connectivity index (χ4n) is 1.47. The summed E-state index contributed by atoms with van der Waals surface area (Å²) in [5, 5.41) is 4.20. The van der Waals surface area contributed by atoms with Gasteiger partial charge in [0.05, 0.1) is 5.56 Å². The maximum Gasteiger partial charge on any atom is 0.258 e. The first-order valence-electron chi connectivity index (χ1n) is 5.51. The number of carbonyl (C=O) groups is 1. The highest BCUT2D eigenvalue weighted by Gasteiger charge is 2.16. The lowest BCUT2D eigenvalue weighted by Crippen LogP contribution is -2.13. The molecular weight excluding hydrogens is 364 g/mol. The van der Waals surface area contributed by atoms with Crippen molar-refractivity contribution in [1.29, 1.82) is 0 Å². The molecule has 2 aromatic rings. The molecule has 0 saturated carbocycles. The van der Waals surface area contributed by atoms with Crippen LogP contribution < -0.4 is 5.32 Å². The Morgan fingerprint density at radius 2 is 2.10 bits per heavy atom. The summed E-state index contributed by atoms with van der Waals surface area (Å²) in [6, 6.07) is 5.34. The third-order valence-electron chi connectivity index (χ3n) is 2.52. The number of rotatable bonds is 3. The molecule has 1 amide bonds. The zero-order chi connectivity index (χ0) is 14.9. The van der Waals surface area contributed by atoms with Crippen molar-refractivity contribution in [2.24, 2.45) is 0 Å². The fourth-order valence-corrected chi connectivity index (χ4v) is 3.64. The SMILES string of the molecule is Cc1cccc(C(=O)Nc2nc(S(C)(=O)=O)cs2)c1Br. The molecule has 106 valence electrons. The Morgan fingerprint density at radius 3 is 2.70 bits per heavy atom. The molecule has 1 aromatic carbocycles. The van der Waals surface area contributed by atoms with Crippen LogP contribution in [-0.2, 0) is 9.84 Å². The highest BCUT2D eigenvalue weighted by Crippen LogP contribution is 2.24. The number of thiazole rings is 1. The van der Waals surface area contributed by atoms with Crippen LogP contribution >= 0.6 is 27.3 Å². The van der Waals surface area contributed by atoms with Gasteiger partial charge < -0.3 is 0 Å². The van der Waals surface area contributed by atoms with E-state index in [0.717, 1.165) is 23.2 Å². The molecule has 8 heteroatoms. The molecule has 0 spiro atoms. The summed E-state index contributed by atoms with van der Waals surface area (Å²) in [7, 11) is -3.36. The minimum absolute atomic E-state index is 0.0406. The van der Waals surface area contributed by atoms with Crippen molar-refractivity contribution in [3.8, 4) is 0 Å². The van der Waals surface area contributed by atoms with Crippen molar-refractivity contribution in [2.75, 3.05) is 11.6 Å². The summed E-state index contributed by atoms with van der Waals surface area (Å²) in [4.78, 5) is 16.0. The maximum atomic E-state index is 12.1. The number of sulfone groups is 1. The summed E-state index contributed by atoms with van der Waals surface area (Å²) in [6.07, 6.45) is 1.07. The van der Waals surface area contributed by atoms with Crippen molar-refractivity contribution in [3.63, 3.8) is 0 Å². The van der Waals surface area contributed by atoms with Crippen LogP contribution in [0.1, 0.15) is 15.9 Å². The van der Waals surface area contributed by atoms with E-state index in [4.69, 9.17) is 0 Å². The van der Waals surface area contributed by atoms with Gasteiger partial charge in [-0.15, -0.1) is 11.3 Å². The van der Waals surface area contributed by atoms with Gasteiger partial charge in [-0.1, -0.05) is 12.1 Å². The van der Waals surface area contributed by atoms with Crippen LogP contribution in [0.2, 0.25) is 0 Å². The van der Waals surface area contributed by atoms with Gasteiger partial charge in [-0.2, -0.15) is 0 Å². The van der Waals surface area contributed by atoms with Crippen LogP contribution in [-0.4, -0.2) is 25.6 Å². The molecule has 0 atom stereocenters. The second kappa shape index (κ2) is 5.63. The van der Waals surface area contributed by atoms with E-state index < -0.39 is 9.84 Å². The quantitative estimate of drug-likeness (QED) is 0.895. The van der Waals surface area contributed by atoms with E-state index in [-0.39, 0.29) is 16.1 Å². The fraction of sp³-hybridized carbons (Fsp3) is 0.167. The zero-order valence-electron chi connectivity index (χ0n) is 10.7. The number of nitrogens with one attached hydrogen (secondary N) is 1. The second-order valence-corrected chi connectivity index (χ2v) is 7.77. The number of halogens is 1. The van der Waals surface area contributed by atoms with E-state index in [2.05, 4.69) is 26.2 Å². The lowest BCUT2D eigenvalue weighted by atomic mass is 10.1. The van der Waals surface area contributed by atoms with Crippen molar-refractivity contribution in [3.05, 3.63) is 39.2 Å². The molecule has 1 heterocycles. The maximum absolute atomic E-state index is 12.1. The van der Waals surface area contributed by atoms with Crippen LogP contribution in [0.3, 0.4) is 0 Å². The highest BCUT2D eigenvalue weighted by atomic mass is 79.9. The predicted molar refractivity (Wildman–Crippen MR) is 82.1 cm³/mol. The van der Waals surface area contributed by atoms with Crippen molar-refractivity contribution < 1.29 is 13.2 Å². The van der Waals surface area contributed by atoms with Gasteiger partial charge in [-0.3, -0.25) is 10.1 Å². The molecule has 1 aromatic heterocycles. The van der Waals surface area contributed by atoms with Gasteiger partial charge in [0.2, 0.25) is 0 Å². The van der Waals surface area contributed by atoms with E-state index in [9.17, 15) is 13.2 Å². The molecule has 0 radical (unpaired) electrons. The molecule has 0 bridgehead atoms. The van der Waals surface area contributed by atoms with E-state index >= 15 is 0 Å². The Kier molecular flexibility index (Phi) is 4.26. The molecule has 0 saturated heterocycles. The molecule has 2 rings (SSSR count). The molecule has 1 N–H and O–H groups in total. The van der Waals surface area contributed by atoms with Gasteiger partial charge in [0, 0.05) is 16.1 Å². The molecule has 5 nitrogen and oxygen atoms in total. The van der Waals surface area contributed by atoms with Crippen molar-refractivity contribution in [2.45, 2.75) is 11.9 Å². The lowest BCUT2D eigenvalue weighted by Gasteiger charge is -2.06. The Morgan fingerprint density at radius 1 is 1.40 bits per heavy atom. The summed E-state index contributed by atoms with van der Waals surface area (Å²) < 4.78 is 23.4. The largest absolute Gasteiger partial charge is 0.298 e. The molecule has 0 fully saturated rings. The Hall–Kier alpha value is -1.25. The average molecular weight is 375 g/mol. The van der Waals surface area contributed by atoms with Gasteiger partial charge in [0.15, 0.2) is 20.0 Å². The first kappa shape index (κ1) is 15.1. The first-order valence-corrected chi connectivity index (χ1v) is 9.07. The van der Waals surface area contributed by atoms with Crippen LogP contribution in [0, 0.1) is 6.92 Å². The zero-order valence-corrected chi connectivity index (χ0v) is 13.9. The summed E-state index contributed by atoms with van der Waals surface area (Å²) in [5.74, 6) is -0.338. The number of amides is 1. The number of benzene rings is 1. The molecule has 0 aliphatic heterocycles. The number of hydrogen-bond donors (Lipinski definition) is 1. The van der Waals surface area contributed by atoms with Gasteiger partial charge in [-0.25, -0.2) is 13.4 Å². The number of aryl methyl sites for hydroxylation is 1. The Labute approximate surface area is 129 Å².